The van der Waals surface area contributed by atoms with E-state index in [1.54, 1.807) is 6.92 Å². The van der Waals surface area contributed by atoms with Crippen molar-refractivity contribution >= 4 is 46.5 Å². The molecule has 2 amide bonds. The molecule has 1 N–H and O–H groups in total. The van der Waals surface area contributed by atoms with E-state index in [1.807, 2.05) is 0 Å². The lowest BCUT2D eigenvalue weighted by molar-refractivity contribution is -0.275. The fourth-order valence-corrected chi connectivity index (χ4v) is 4.55. The Balaban J connectivity index is 1.55. The summed E-state index contributed by atoms with van der Waals surface area (Å²) in [6.07, 6.45) is -5.49. The van der Waals surface area contributed by atoms with Gasteiger partial charge < -0.3 is 15.1 Å². The molecule has 0 spiro atoms. The van der Waals surface area contributed by atoms with Gasteiger partial charge in [0.2, 0.25) is 0 Å². The van der Waals surface area contributed by atoms with E-state index in [2.05, 4.69) is 10.5 Å². The average molecular weight is 539 g/mol. The standard InChI is InChI=1S/C22H18Cl3F4N3O2/c1-2-30-19(33)32-10-20(26,11-32)13-5-3-12(4-6-13)17-9-21(34-31-17,22(27,28)29)14-7-15(23)18(25)16(24)8-14/h3-8H,2,9-11H2,1H3,(H,30,33). The van der Waals surface area contributed by atoms with Crippen molar-refractivity contribution in [3.63, 3.8) is 0 Å². The molecule has 4 rings (SSSR count). The third-order valence-electron chi connectivity index (χ3n) is 5.87. The Labute approximate surface area is 207 Å². The summed E-state index contributed by atoms with van der Waals surface area (Å²) in [7, 11) is 0. The van der Waals surface area contributed by atoms with Crippen LogP contribution in [0.4, 0.5) is 22.4 Å². The molecule has 0 aromatic heterocycles. The van der Waals surface area contributed by atoms with Crippen molar-refractivity contribution in [1.82, 2.24) is 10.2 Å². The maximum absolute atomic E-state index is 15.1. The van der Waals surface area contributed by atoms with Gasteiger partial charge in [-0.1, -0.05) is 64.2 Å². The number of nitrogens with one attached hydrogen (secondary N) is 1. The summed E-state index contributed by atoms with van der Waals surface area (Å²) in [6.45, 7) is 1.97. The molecular formula is C22H18Cl3F4N3O2. The third-order valence-corrected chi connectivity index (χ3v) is 7.07. The minimum atomic E-state index is -4.85. The van der Waals surface area contributed by atoms with Gasteiger partial charge in [-0.15, -0.1) is 0 Å². The van der Waals surface area contributed by atoms with Crippen molar-refractivity contribution in [2.45, 2.75) is 30.8 Å². The third kappa shape index (κ3) is 4.18. The molecule has 2 heterocycles. The summed E-state index contributed by atoms with van der Waals surface area (Å²) >= 11 is 17.8. The molecule has 0 aliphatic carbocycles. The quantitative estimate of drug-likeness (QED) is 0.360. The summed E-state index contributed by atoms with van der Waals surface area (Å²) in [5.74, 6) is 0. The lowest BCUT2D eigenvalue weighted by atomic mass is 9.85. The highest BCUT2D eigenvalue weighted by Crippen LogP contribution is 2.50. The van der Waals surface area contributed by atoms with Crippen molar-refractivity contribution in [2.75, 3.05) is 19.6 Å². The Bertz CT molecular complexity index is 1130. The predicted octanol–water partition coefficient (Wildman–Crippen LogP) is 6.44. The molecule has 0 radical (unpaired) electrons. The topological polar surface area (TPSA) is 53.9 Å². The normalized spacial score (nSPS) is 21.5. The van der Waals surface area contributed by atoms with Crippen LogP contribution in [0.3, 0.4) is 0 Å². The van der Waals surface area contributed by atoms with Gasteiger partial charge in [0.05, 0.1) is 33.9 Å². The van der Waals surface area contributed by atoms with E-state index in [4.69, 9.17) is 39.6 Å². The van der Waals surface area contributed by atoms with E-state index in [0.29, 0.717) is 17.7 Å². The monoisotopic (exact) mass is 537 g/mol. The van der Waals surface area contributed by atoms with E-state index < -0.39 is 23.9 Å². The van der Waals surface area contributed by atoms with Crippen molar-refractivity contribution < 1.29 is 27.2 Å². The molecule has 2 aliphatic heterocycles. The van der Waals surface area contributed by atoms with Gasteiger partial charge >= 0.3 is 12.2 Å². The minimum Gasteiger partial charge on any atom is -0.374 e. The zero-order chi connectivity index (χ0) is 24.9. The Morgan fingerprint density at radius 3 is 2.24 bits per heavy atom. The molecular weight excluding hydrogens is 521 g/mol. The molecule has 34 heavy (non-hydrogen) atoms. The second-order valence-electron chi connectivity index (χ2n) is 8.12. The lowest BCUT2D eigenvalue weighted by Gasteiger charge is -2.44. The summed E-state index contributed by atoms with van der Waals surface area (Å²) in [5, 5.41) is 5.92. The first-order chi connectivity index (χ1) is 15.9. The number of benzene rings is 2. The van der Waals surface area contributed by atoms with E-state index >= 15 is 4.39 Å². The largest absolute Gasteiger partial charge is 0.435 e. The molecule has 182 valence electrons. The Kier molecular flexibility index (Phi) is 6.42. The van der Waals surface area contributed by atoms with Crippen molar-refractivity contribution in [3.8, 4) is 0 Å². The van der Waals surface area contributed by atoms with Crippen LogP contribution in [0.1, 0.15) is 30.0 Å². The first-order valence-electron chi connectivity index (χ1n) is 10.2. The molecule has 1 unspecified atom stereocenters. The van der Waals surface area contributed by atoms with Crippen LogP contribution in [0.5, 0.6) is 0 Å². The number of hydrogen-bond donors (Lipinski definition) is 1. The first-order valence-corrected chi connectivity index (χ1v) is 11.3. The number of carbonyl (C=O) groups excluding carboxylic acids is 1. The zero-order valence-corrected chi connectivity index (χ0v) is 19.9. The molecule has 1 atom stereocenters. The number of nitrogens with zero attached hydrogens (tertiary/aromatic N) is 2. The molecule has 2 aromatic carbocycles. The SMILES string of the molecule is CCNC(=O)N1CC(F)(c2ccc(C3=NOC(c4cc(Cl)c(Cl)c(Cl)c4)(C(F)(F)F)C3)cc2)C1. The van der Waals surface area contributed by atoms with Crippen LogP contribution < -0.4 is 5.32 Å². The molecule has 0 bridgehead atoms. The fourth-order valence-electron chi connectivity index (χ4n) is 3.96. The highest BCUT2D eigenvalue weighted by molar-refractivity contribution is 6.48. The maximum Gasteiger partial charge on any atom is 0.435 e. The van der Waals surface area contributed by atoms with Gasteiger partial charge in [0.1, 0.15) is 0 Å². The zero-order valence-electron chi connectivity index (χ0n) is 17.6. The Morgan fingerprint density at radius 2 is 1.71 bits per heavy atom. The number of urea groups is 1. The minimum absolute atomic E-state index is 0.0246. The Morgan fingerprint density at radius 1 is 1.12 bits per heavy atom. The van der Waals surface area contributed by atoms with Crippen molar-refractivity contribution in [1.29, 1.82) is 0 Å². The number of halogens is 7. The predicted molar refractivity (Wildman–Crippen MR) is 121 cm³/mol. The molecule has 12 heteroatoms. The van der Waals surface area contributed by atoms with Gasteiger partial charge in [-0.05, 0) is 30.2 Å². The van der Waals surface area contributed by atoms with Crippen LogP contribution >= 0.6 is 34.8 Å². The average Bonchev–Trinajstić information content (AvgIpc) is 3.22. The van der Waals surface area contributed by atoms with E-state index in [0.717, 1.165) is 12.1 Å². The molecule has 2 aliphatic rings. The van der Waals surface area contributed by atoms with Crippen molar-refractivity contribution in [3.05, 3.63) is 68.2 Å². The fraction of sp³-hybridized carbons (Fsp3) is 0.364. The molecule has 1 saturated heterocycles. The second kappa shape index (κ2) is 8.77. The van der Waals surface area contributed by atoms with E-state index in [9.17, 15) is 18.0 Å². The summed E-state index contributed by atoms with van der Waals surface area (Å²) in [6, 6.07) is 7.64. The number of oxime groups is 1. The number of alkyl halides is 4. The summed E-state index contributed by atoms with van der Waals surface area (Å²) < 4.78 is 57.7. The molecule has 1 fully saturated rings. The molecule has 0 saturated carbocycles. The summed E-state index contributed by atoms with van der Waals surface area (Å²) in [5.41, 5.74) is -4.20. The van der Waals surface area contributed by atoms with Crippen LogP contribution in [-0.2, 0) is 16.1 Å². The molecule has 2 aromatic rings. The van der Waals surface area contributed by atoms with Crippen LogP contribution in [0.2, 0.25) is 15.1 Å². The van der Waals surface area contributed by atoms with Crippen molar-refractivity contribution in [2.24, 2.45) is 5.16 Å². The number of rotatable bonds is 4. The Hall–Kier alpha value is -2.23. The summed E-state index contributed by atoms with van der Waals surface area (Å²) in [4.78, 5) is 18.1. The van der Waals surface area contributed by atoms with Crippen LogP contribution in [0.25, 0.3) is 0 Å². The smallest absolute Gasteiger partial charge is 0.374 e. The van der Waals surface area contributed by atoms with Gasteiger partial charge in [0.15, 0.2) is 5.67 Å². The van der Waals surface area contributed by atoms with Crippen LogP contribution in [0, 0.1) is 0 Å². The van der Waals surface area contributed by atoms with Crippen LogP contribution in [0.15, 0.2) is 41.6 Å². The van der Waals surface area contributed by atoms with E-state index in [1.165, 1.54) is 29.2 Å². The van der Waals surface area contributed by atoms with E-state index in [-0.39, 0.29) is 45.5 Å². The lowest BCUT2D eigenvalue weighted by Crippen LogP contribution is -2.61. The van der Waals surface area contributed by atoms with Gasteiger partial charge in [-0.3, -0.25) is 0 Å². The number of carbonyl (C=O) groups is 1. The number of likely N-dealkylation sites (tertiary alicyclic amines) is 1. The highest BCUT2D eigenvalue weighted by Gasteiger charge is 2.62. The van der Waals surface area contributed by atoms with Crippen LogP contribution in [-0.4, -0.2) is 42.5 Å². The van der Waals surface area contributed by atoms with Gasteiger partial charge in [0.25, 0.3) is 5.60 Å². The highest BCUT2D eigenvalue weighted by atomic mass is 35.5. The van der Waals surface area contributed by atoms with Gasteiger partial charge in [-0.25, -0.2) is 9.18 Å². The molecule has 5 nitrogen and oxygen atoms in total. The first kappa shape index (κ1) is 24.9. The van der Waals surface area contributed by atoms with Gasteiger partial charge in [0, 0.05) is 18.5 Å². The number of hydrogen-bond acceptors (Lipinski definition) is 3. The second-order valence-corrected chi connectivity index (χ2v) is 9.31. The number of amides is 2. The maximum atomic E-state index is 15.1. The van der Waals surface area contributed by atoms with Gasteiger partial charge in [-0.2, -0.15) is 13.2 Å².